The highest BCUT2D eigenvalue weighted by Crippen LogP contribution is 2.03. The van der Waals surface area contributed by atoms with Gasteiger partial charge in [0.15, 0.2) is 0 Å². The first-order chi connectivity index (χ1) is 10.0. The van der Waals surface area contributed by atoms with Gasteiger partial charge in [0.2, 0.25) is 0 Å². The number of amides is 2. The number of aliphatic carboxylic acids is 1. The smallest absolute Gasteiger partial charge is 0.326 e. The van der Waals surface area contributed by atoms with Crippen LogP contribution in [0.1, 0.15) is 18.4 Å². The van der Waals surface area contributed by atoms with E-state index in [4.69, 9.17) is 9.84 Å². The molecule has 7 heteroatoms. The number of carbonyl (C=O) groups excluding carboxylic acids is 1. The summed E-state index contributed by atoms with van der Waals surface area (Å²) in [6.07, 6.45) is 4.19. The molecule has 0 aliphatic rings. The van der Waals surface area contributed by atoms with Crippen molar-refractivity contribution < 1.29 is 19.4 Å². The summed E-state index contributed by atoms with van der Waals surface area (Å²) < 4.78 is 4.88. The molecule has 0 fully saturated rings. The fourth-order valence-corrected chi connectivity index (χ4v) is 1.78. The number of aromatic nitrogens is 1. The lowest BCUT2D eigenvalue weighted by molar-refractivity contribution is -0.139. The number of ether oxygens (including phenoxy) is 1. The lowest BCUT2D eigenvalue weighted by Gasteiger charge is -2.21. The fraction of sp³-hybridized carbons (Fsp3) is 0.500. The van der Waals surface area contributed by atoms with E-state index in [-0.39, 0.29) is 0 Å². The minimum absolute atomic E-state index is 0.331. The van der Waals surface area contributed by atoms with Gasteiger partial charge >= 0.3 is 12.0 Å². The van der Waals surface area contributed by atoms with E-state index in [0.29, 0.717) is 26.0 Å². The normalized spacial score (nSPS) is 11.7. The molecule has 116 valence electrons. The third-order valence-corrected chi connectivity index (χ3v) is 2.95. The van der Waals surface area contributed by atoms with Crippen LogP contribution in [0.2, 0.25) is 0 Å². The number of methoxy groups -OCH3 is 1. The Bertz CT molecular complexity index is 453. The zero-order valence-corrected chi connectivity index (χ0v) is 12.3. The van der Waals surface area contributed by atoms with Crippen molar-refractivity contribution in [3.05, 3.63) is 30.1 Å². The molecule has 0 aliphatic heterocycles. The van der Waals surface area contributed by atoms with Crippen molar-refractivity contribution in [2.75, 3.05) is 20.8 Å². The number of carbonyl (C=O) groups is 2. The lowest BCUT2D eigenvalue weighted by Crippen LogP contribution is -2.46. The Hall–Kier alpha value is -2.15. The van der Waals surface area contributed by atoms with Crippen LogP contribution in [0, 0.1) is 0 Å². The molecule has 21 heavy (non-hydrogen) atoms. The van der Waals surface area contributed by atoms with E-state index in [9.17, 15) is 9.59 Å². The van der Waals surface area contributed by atoms with Crippen LogP contribution in [0.25, 0.3) is 0 Å². The lowest BCUT2D eigenvalue weighted by atomic mass is 10.1. The number of rotatable bonds is 8. The first kappa shape index (κ1) is 16.9. The van der Waals surface area contributed by atoms with Crippen LogP contribution < -0.4 is 5.32 Å². The molecule has 7 nitrogen and oxygen atoms in total. The molecule has 0 spiro atoms. The standard InChI is InChI=1S/C14H21N3O4/c1-17(10-11-5-7-15-8-6-11)14(20)16-12(13(18)19)4-3-9-21-2/h5-8,12H,3-4,9-10H2,1-2H3,(H,16,20)(H,18,19). The summed E-state index contributed by atoms with van der Waals surface area (Å²) in [5, 5.41) is 11.6. The Labute approximate surface area is 123 Å². The Morgan fingerprint density at radius 3 is 2.67 bits per heavy atom. The Morgan fingerprint density at radius 1 is 1.43 bits per heavy atom. The van der Waals surface area contributed by atoms with Gasteiger partial charge in [-0.15, -0.1) is 0 Å². The monoisotopic (exact) mass is 295 g/mol. The molecule has 0 aromatic carbocycles. The van der Waals surface area contributed by atoms with Crippen LogP contribution in [0.3, 0.4) is 0 Å². The van der Waals surface area contributed by atoms with Gasteiger partial charge in [0, 0.05) is 39.7 Å². The van der Waals surface area contributed by atoms with Crippen LogP contribution in [0.4, 0.5) is 4.79 Å². The molecule has 0 bridgehead atoms. The quantitative estimate of drug-likeness (QED) is 0.701. The van der Waals surface area contributed by atoms with Gasteiger partial charge in [0.25, 0.3) is 0 Å². The molecule has 0 saturated heterocycles. The SMILES string of the molecule is COCCCC(NC(=O)N(C)Cc1ccncc1)C(=O)O. The van der Waals surface area contributed by atoms with E-state index < -0.39 is 18.0 Å². The van der Waals surface area contributed by atoms with Crippen molar-refractivity contribution in [2.45, 2.75) is 25.4 Å². The number of pyridine rings is 1. The van der Waals surface area contributed by atoms with Gasteiger partial charge in [-0.25, -0.2) is 9.59 Å². The molecular weight excluding hydrogens is 274 g/mol. The zero-order valence-electron chi connectivity index (χ0n) is 12.3. The van der Waals surface area contributed by atoms with E-state index in [0.717, 1.165) is 5.56 Å². The highest BCUT2D eigenvalue weighted by molar-refractivity contribution is 5.82. The molecule has 1 rings (SSSR count). The first-order valence-corrected chi connectivity index (χ1v) is 6.67. The van der Waals surface area contributed by atoms with E-state index >= 15 is 0 Å². The maximum absolute atomic E-state index is 12.0. The van der Waals surface area contributed by atoms with E-state index in [1.807, 2.05) is 0 Å². The van der Waals surface area contributed by atoms with Gasteiger partial charge in [-0.3, -0.25) is 4.98 Å². The Balaban J connectivity index is 2.50. The average Bonchev–Trinajstić information content (AvgIpc) is 2.47. The maximum atomic E-state index is 12.0. The molecule has 1 unspecified atom stereocenters. The summed E-state index contributed by atoms with van der Waals surface area (Å²) in [6.45, 7) is 0.852. The maximum Gasteiger partial charge on any atom is 0.326 e. The van der Waals surface area contributed by atoms with Gasteiger partial charge < -0.3 is 20.1 Å². The number of carboxylic acids is 1. The number of nitrogens with zero attached hydrogens (tertiary/aromatic N) is 2. The molecule has 1 aromatic heterocycles. The minimum atomic E-state index is -1.04. The predicted molar refractivity (Wildman–Crippen MR) is 76.8 cm³/mol. The van der Waals surface area contributed by atoms with Gasteiger partial charge in [-0.1, -0.05) is 0 Å². The zero-order chi connectivity index (χ0) is 15.7. The van der Waals surface area contributed by atoms with Gasteiger partial charge in [0.1, 0.15) is 6.04 Å². The number of urea groups is 1. The fourth-order valence-electron chi connectivity index (χ4n) is 1.78. The number of hydrogen-bond acceptors (Lipinski definition) is 4. The molecule has 0 saturated carbocycles. The molecule has 0 aliphatic carbocycles. The van der Waals surface area contributed by atoms with E-state index in [2.05, 4.69) is 10.3 Å². The minimum Gasteiger partial charge on any atom is -0.480 e. The van der Waals surface area contributed by atoms with Crippen molar-refractivity contribution in [2.24, 2.45) is 0 Å². The van der Waals surface area contributed by atoms with Crippen molar-refractivity contribution in [3.8, 4) is 0 Å². The predicted octanol–water partition coefficient (Wildman–Crippen LogP) is 1.10. The van der Waals surface area contributed by atoms with Crippen molar-refractivity contribution in [1.82, 2.24) is 15.2 Å². The largest absolute Gasteiger partial charge is 0.480 e. The Kier molecular flexibility index (Phi) is 7.17. The number of nitrogens with one attached hydrogen (secondary N) is 1. The number of carboxylic acid groups (broad SMARTS) is 1. The summed E-state index contributed by atoms with van der Waals surface area (Å²) in [4.78, 5) is 28.5. The summed E-state index contributed by atoms with van der Waals surface area (Å²) in [7, 11) is 3.17. The number of hydrogen-bond donors (Lipinski definition) is 2. The molecule has 2 amide bonds. The topological polar surface area (TPSA) is 91.8 Å². The second-order valence-corrected chi connectivity index (χ2v) is 4.69. The third kappa shape index (κ3) is 6.22. The Morgan fingerprint density at radius 2 is 2.10 bits per heavy atom. The molecule has 1 aromatic rings. The molecule has 1 atom stereocenters. The molecule has 2 N–H and O–H groups in total. The first-order valence-electron chi connectivity index (χ1n) is 6.67. The van der Waals surface area contributed by atoms with Crippen LogP contribution >= 0.6 is 0 Å². The summed E-state index contributed by atoms with van der Waals surface area (Å²) in [5.74, 6) is -1.04. The van der Waals surface area contributed by atoms with Gasteiger partial charge in [-0.2, -0.15) is 0 Å². The summed E-state index contributed by atoms with van der Waals surface area (Å²) >= 11 is 0. The summed E-state index contributed by atoms with van der Waals surface area (Å²) in [6, 6.07) is 2.28. The second kappa shape index (κ2) is 8.91. The molecule has 1 heterocycles. The third-order valence-electron chi connectivity index (χ3n) is 2.95. The highest BCUT2D eigenvalue weighted by atomic mass is 16.5. The second-order valence-electron chi connectivity index (χ2n) is 4.69. The van der Waals surface area contributed by atoms with Crippen molar-refractivity contribution in [1.29, 1.82) is 0 Å². The van der Waals surface area contributed by atoms with E-state index in [1.165, 1.54) is 4.90 Å². The van der Waals surface area contributed by atoms with Gasteiger partial charge in [0.05, 0.1) is 0 Å². The van der Waals surface area contributed by atoms with Crippen molar-refractivity contribution >= 4 is 12.0 Å². The molecule has 0 radical (unpaired) electrons. The molecular formula is C14H21N3O4. The van der Waals surface area contributed by atoms with Crippen LogP contribution in [-0.4, -0.2) is 53.8 Å². The van der Waals surface area contributed by atoms with E-state index in [1.54, 1.807) is 38.7 Å². The van der Waals surface area contributed by atoms with Crippen molar-refractivity contribution in [3.63, 3.8) is 0 Å². The van der Waals surface area contributed by atoms with Crippen LogP contribution in [0.5, 0.6) is 0 Å². The van der Waals surface area contributed by atoms with Crippen LogP contribution in [-0.2, 0) is 16.1 Å². The average molecular weight is 295 g/mol. The van der Waals surface area contributed by atoms with Gasteiger partial charge in [-0.05, 0) is 30.5 Å². The highest BCUT2D eigenvalue weighted by Gasteiger charge is 2.21. The van der Waals surface area contributed by atoms with Crippen LogP contribution in [0.15, 0.2) is 24.5 Å². The summed E-state index contributed by atoms with van der Waals surface area (Å²) in [5.41, 5.74) is 0.925.